The number of carbonyl (C=O) groups is 3. The van der Waals surface area contributed by atoms with Gasteiger partial charge >= 0.3 is 6.03 Å². The Morgan fingerprint density at radius 1 is 0.959 bits per heavy atom. The number of imide groups is 1. The van der Waals surface area contributed by atoms with Gasteiger partial charge in [0, 0.05) is 92.1 Å². The molecule has 4 fully saturated rings. The van der Waals surface area contributed by atoms with E-state index in [0.29, 0.717) is 46.7 Å². The minimum atomic E-state index is -1.24. The molecule has 4 aliphatic rings. The lowest BCUT2D eigenvalue weighted by atomic mass is 9.87. The van der Waals surface area contributed by atoms with Crippen molar-refractivity contribution in [1.29, 1.82) is 0 Å². The van der Waals surface area contributed by atoms with Crippen molar-refractivity contribution in [3.63, 3.8) is 0 Å². The minimum absolute atomic E-state index is 0.000785. The molecule has 0 unspecified atom stereocenters. The van der Waals surface area contributed by atoms with Gasteiger partial charge in [-0.05, 0) is 93.0 Å². The van der Waals surface area contributed by atoms with Crippen LogP contribution in [-0.2, 0) is 27.0 Å². The Balaban J connectivity index is 0.813. The van der Waals surface area contributed by atoms with Crippen molar-refractivity contribution < 1.29 is 29.0 Å². The number of hydrogen-bond acceptors (Lipinski definition) is 13. The predicted molar refractivity (Wildman–Crippen MR) is 279 cm³/mol. The Labute approximate surface area is 423 Å². The molecule has 10 rings (SSSR count). The topological polar surface area (TPSA) is 217 Å². The molecule has 1 saturated carbocycles. The van der Waals surface area contributed by atoms with E-state index in [1.165, 1.54) is 12.0 Å². The van der Waals surface area contributed by atoms with Crippen molar-refractivity contribution in [3.8, 4) is 28.7 Å². The maximum atomic E-state index is 13.4. The van der Waals surface area contributed by atoms with Crippen LogP contribution in [0.1, 0.15) is 68.7 Å². The molecule has 3 aromatic heterocycles. The highest BCUT2D eigenvalue weighted by Crippen LogP contribution is 2.43. The normalized spacial score (nSPS) is 18.5. The average Bonchev–Trinajstić information content (AvgIpc) is 4.10. The van der Waals surface area contributed by atoms with E-state index < -0.39 is 17.5 Å². The van der Waals surface area contributed by atoms with Crippen molar-refractivity contribution >= 4 is 51.3 Å². The van der Waals surface area contributed by atoms with Crippen LogP contribution in [0.15, 0.2) is 90.0 Å². The van der Waals surface area contributed by atoms with Crippen LogP contribution >= 0.6 is 0 Å². The highest BCUT2D eigenvalue weighted by atomic mass is 16.5. The highest BCUT2D eigenvalue weighted by molar-refractivity contribution is 6.06. The molecule has 3 saturated heterocycles. The Bertz CT molecular complexity index is 3160. The van der Waals surface area contributed by atoms with Gasteiger partial charge in [0.1, 0.15) is 17.9 Å². The number of fused-ring (bicyclic) bond motifs is 2. The van der Waals surface area contributed by atoms with Crippen LogP contribution in [-0.4, -0.2) is 136 Å². The monoisotopic (exact) mass is 989 g/mol. The predicted octanol–water partition coefficient (Wildman–Crippen LogP) is 4.56. The van der Waals surface area contributed by atoms with Gasteiger partial charge in [-0.3, -0.25) is 19.3 Å². The Kier molecular flexibility index (Phi) is 14.1. The van der Waals surface area contributed by atoms with Crippen molar-refractivity contribution in [2.45, 2.75) is 75.2 Å². The second-order valence-corrected chi connectivity index (χ2v) is 19.8. The van der Waals surface area contributed by atoms with E-state index in [0.717, 1.165) is 103 Å². The molecule has 73 heavy (non-hydrogen) atoms. The third-order valence-electron chi connectivity index (χ3n) is 15.0. The third-order valence-corrected chi connectivity index (χ3v) is 15.0. The number of amides is 4. The summed E-state index contributed by atoms with van der Waals surface area (Å²) in [7, 11) is 3.28. The maximum absolute atomic E-state index is 13.4. The van der Waals surface area contributed by atoms with Gasteiger partial charge in [-0.2, -0.15) is 0 Å². The SMILES string of the molecule is COc1ccc(C#CCNC2(C)CCN(C3CCN(c4nc([C@@](CO)(OC5CC5)c5ccccc5)c5cc(-c6cn(C)c(=O)c7[nH]ccc67)ccc5n4)CC3)CC2)cc1N1CCC(=O)N(CNC(=O)CN)C1=O. The number of aliphatic hydroxyl groups is 1. The van der Waals surface area contributed by atoms with Crippen molar-refractivity contribution in [3.05, 3.63) is 112 Å². The first-order valence-electron chi connectivity index (χ1n) is 25.2. The van der Waals surface area contributed by atoms with Gasteiger partial charge in [-0.1, -0.05) is 48.2 Å². The van der Waals surface area contributed by atoms with E-state index in [-0.39, 0.29) is 55.9 Å². The lowest BCUT2D eigenvalue weighted by Crippen LogP contribution is -2.56. The van der Waals surface area contributed by atoms with Gasteiger partial charge in [0.05, 0.1) is 49.8 Å². The van der Waals surface area contributed by atoms with Crippen LogP contribution in [0.4, 0.5) is 16.4 Å². The van der Waals surface area contributed by atoms with Crippen LogP contribution in [0, 0.1) is 11.8 Å². The lowest BCUT2D eigenvalue weighted by molar-refractivity contribution is -0.129. The molecular formula is C55H63N11O7. The summed E-state index contributed by atoms with van der Waals surface area (Å²) >= 11 is 0. The largest absolute Gasteiger partial charge is 0.495 e. The number of aromatic nitrogens is 4. The third kappa shape index (κ3) is 10.0. The van der Waals surface area contributed by atoms with Crippen molar-refractivity contribution in [1.82, 2.24) is 40.0 Å². The summed E-state index contributed by atoms with van der Waals surface area (Å²) in [6.45, 7) is 5.57. The molecular weight excluding hydrogens is 927 g/mol. The molecule has 18 nitrogen and oxygen atoms in total. The number of methoxy groups -OCH3 is 1. The van der Waals surface area contributed by atoms with E-state index in [4.69, 9.17) is 25.2 Å². The fraction of sp³-hybridized carbons (Fsp3) is 0.418. The Hall–Kier alpha value is -7.14. The number of pyridine rings is 1. The molecule has 1 aliphatic carbocycles. The minimum Gasteiger partial charge on any atom is -0.495 e. The fourth-order valence-corrected chi connectivity index (χ4v) is 10.6. The quantitative estimate of drug-likeness (QED) is 0.0894. The van der Waals surface area contributed by atoms with Gasteiger partial charge in [0.25, 0.3) is 5.56 Å². The van der Waals surface area contributed by atoms with E-state index >= 15 is 0 Å². The number of anilines is 2. The summed E-state index contributed by atoms with van der Waals surface area (Å²) in [6.07, 6.45) is 9.42. The number of hydrogen-bond donors (Lipinski definition) is 5. The zero-order valence-electron chi connectivity index (χ0n) is 41.7. The molecule has 4 amide bonds. The van der Waals surface area contributed by atoms with E-state index in [1.807, 2.05) is 60.8 Å². The first kappa shape index (κ1) is 49.4. The fourth-order valence-electron chi connectivity index (χ4n) is 10.6. The molecule has 6 N–H and O–H groups in total. The highest BCUT2D eigenvalue weighted by Gasteiger charge is 2.44. The van der Waals surface area contributed by atoms with Crippen LogP contribution < -0.4 is 36.5 Å². The molecule has 18 heteroatoms. The number of aliphatic hydroxyl groups excluding tert-OH is 1. The van der Waals surface area contributed by atoms with Gasteiger partial charge in [0.2, 0.25) is 17.8 Å². The molecule has 380 valence electrons. The molecule has 1 atom stereocenters. The zero-order chi connectivity index (χ0) is 50.9. The first-order valence-corrected chi connectivity index (χ1v) is 25.2. The van der Waals surface area contributed by atoms with E-state index in [9.17, 15) is 24.3 Å². The van der Waals surface area contributed by atoms with Crippen LogP contribution in [0.25, 0.3) is 32.9 Å². The summed E-state index contributed by atoms with van der Waals surface area (Å²) in [4.78, 5) is 71.9. The van der Waals surface area contributed by atoms with Gasteiger partial charge in [-0.25, -0.2) is 19.7 Å². The molecule has 6 aromatic rings. The molecule has 3 aromatic carbocycles. The molecule has 0 spiro atoms. The van der Waals surface area contributed by atoms with Crippen LogP contribution in [0.2, 0.25) is 0 Å². The van der Waals surface area contributed by atoms with Crippen molar-refractivity contribution in [2.24, 2.45) is 12.8 Å². The Morgan fingerprint density at radius 3 is 2.47 bits per heavy atom. The molecule has 3 aliphatic heterocycles. The van der Waals surface area contributed by atoms with Gasteiger partial charge in [0.15, 0.2) is 5.60 Å². The number of H-pyrrole nitrogens is 1. The maximum Gasteiger partial charge on any atom is 0.332 e. The summed E-state index contributed by atoms with van der Waals surface area (Å²) in [5.41, 5.74) is 9.70. The van der Waals surface area contributed by atoms with Gasteiger partial charge < -0.3 is 50.3 Å². The number of benzene rings is 3. The van der Waals surface area contributed by atoms with Crippen LogP contribution in [0.5, 0.6) is 5.75 Å². The van der Waals surface area contributed by atoms with E-state index in [2.05, 4.69) is 50.2 Å². The second-order valence-electron chi connectivity index (χ2n) is 19.8. The summed E-state index contributed by atoms with van der Waals surface area (Å²) < 4.78 is 14.1. The van der Waals surface area contributed by atoms with Gasteiger partial charge in [-0.15, -0.1) is 0 Å². The summed E-state index contributed by atoms with van der Waals surface area (Å²) in [5, 5.41) is 19.4. The number of likely N-dealkylation sites (tertiary alicyclic amines) is 1. The number of carbonyl (C=O) groups excluding carboxylic acids is 3. The second kappa shape index (κ2) is 20.8. The number of aromatic amines is 1. The summed E-state index contributed by atoms with van der Waals surface area (Å²) in [6, 6.07) is 23.2. The number of ether oxygens (including phenoxy) is 2. The number of nitrogens with zero attached hydrogens (tertiary/aromatic N) is 7. The standard InChI is InChI=1S/C55H63N11O7/c1-54(59-23-7-8-36-11-16-46(72-3)45(30-36)65-27-20-48(69)66(53(65)71)35-58-47(68)32-56)21-28-63(29-22-54)39-18-25-64(26-19-39)52-60-44-15-12-37(43-33-62(2)51(70)49-41(43)17-24-57-49)31-42(44)50(61-52)55(34-67,73-40-13-14-40)38-9-5-4-6-10-38/h4-6,9-12,15-17,24,30-31,33,39-40,57,59,67H,13-14,18-23,25-29,32,34-35,56H2,1-3H3,(H,58,68)/t55-/m0/s1. The zero-order valence-corrected chi connectivity index (χ0v) is 41.7. The Morgan fingerprint density at radius 2 is 1.74 bits per heavy atom. The average molecular weight is 990 g/mol. The number of piperidine rings is 2. The number of rotatable bonds is 15. The van der Waals surface area contributed by atoms with Crippen molar-refractivity contribution in [2.75, 3.05) is 76.0 Å². The number of nitrogens with one attached hydrogen (secondary N) is 3. The molecule has 6 heterocycles. The molecule has 0 bridgehead atoms. The van der Waals surface area contributed by atoms with Crippen LogP contribution in [0.3, 0.4) is 0 Å². The lowest BCUT2D eigenvalue weighted by Gasteiger charge is -2.45. The first-order chi connectivity index (χ1) is 35.4. The summed E-state index contributed by atoms with van der Waals surface area (Å²) in [5.74, 6) is 6.75. The van der Waals surface area contributed by atoms with E-state index in [1.54, 1.807) is 29.9 Å². The number of urea groups is 1. The molecule has 0 radical (unpaired) electrons. The smallest absolute Gasteiger partial charge is 0.332 e. The number of aryl methyl sites for hydroxylation is 1. The number of nitrogens with two attached hydrogens (primary N) is 1.